The van der Waals surface area contributed by atoms with Gasteiger partial charge in [0.25, 0.3) is 5.91 Å². The number of benzene rings is 1. The molecule has 5 nitrogen and oxygen atoms in total. The number of hydrogen-bond acceptors (Lipinski definition) is 4. The first-order valence-electron chi connectivity index (χ1n) is 7.09. The highest BCUT2D eigenvalue weighted by molar-refractivity contribution is 6.34. The Bertz CT molecular complexity index is 983. The predicted octanol–water partition coefficient (Wildman–Crippen LogP) is 3.59. The zero-order chi connectivity index (χ0) is 18.4. The summed E-state index contributed by atoms with van der Waals surface area (Å²) in [5.74, 6) is -1.02. The first kappa shape index (κ1) is 17.4. The number of nitrogens with zero attached hydrogens (tertiary/aromatic N) is 3. The summed E-state index contributed by atoms with van der Waals surface area (Å²) in [6, 6.07) is 4.57. The number of hydrogen-bond donors (Lipinski definition) is 1. The molecule has 0 unspecified atom stereocenters. The minimum atomic E-state index is -4.75. The molecule has 0 aliphatic rings. The molecule has 1 aromatic carbocycles. The summed E-state index contributed by atoms with van der Waals surface area (Å²) in [7, 11) is 0. The standard InChI is InChI=1S/C16H11ClF3N3O2/c1-8-14-12(5-9(7-24)6-21-14)23(22-8)15(25)13-10(16(18,19)20)3-2-4-11(13)17/h2-6,24H,7H2,1H3. The smallest absolute Gasteiger partial charge is 0.392 e. The van der Waals surface area contributed by atoms with Crippen LogP contribution in [0.5, 0.6) is 0 Å². The zero-order valence-corrected chi connectivity index (χ0v) is 13.6. The van der Waals surface area contributed by atoms with Crippen LogP contribution in [0.25, 0.3) is 11.0 Å². The van der Waals surface area contributed by atoms with E-state index in [9.17, 15) is 23.1 Å². The van der Waals surface area contributed by atoms with Gasteiger partial charge in [-0.3, -0.25) is 9.78 Å². The van der Waals surface area contributed by atoms with Crippen molar-refractivity contribution in [1.29, 1.82) is 0 Å². The fraction of sp³-hybridized carbons (Fsp3) is 0.188. The first-order chi connectivity index (χ1) is 11.7. The highest BCUT2D eigenvalue weighted by Crippen LogP contribution is 2.35. The topological polar surface area (TPSA) is 68.0 Å². The van der Waals surface area contributed by atoms with Gasteiger partial charge in [-0.25, -0.2) is 0 Å². The number of rotatable bonds is 2. The molecule has 3 aromatic rings. The summed E-state index contributed by atoms with van der Waals surface area (Å²) < 4.78 is 40.6. The highest BCUT2D eigenvalue weighted by atomic mass is 35.5. The van der Waals surface area contributed by atoms with Crippen LogP contribution in [-0.2, 0) is 12.8 Å². The van der Waals surface area contributed by atoms with Crippen LogP contribution in [-0.4, -0.2) is 25.8 Å². The average molecular weight is 370 g/mol. The van der Waals surface area contributed by atoms with Crippen molar-refractivity contribution in [3.05, 3.63) is 57.9 Å². The van der Waals surface area contributed by atoms with Crippen molar-refractivity contribution >= 4 is 28.5 Å². The van der Waals surface area contributed by atoms with Crippen LogP contribution in [0.2, 0.25) is 5.02 Å². The van der Waals surface area contributed by atoms with Gasteiger partial charge in [-0.1, -0.05) is 17.7 Å². The quantitative estimate of drug-likeness (QED) is 0.749. The summed E-state index contributed by atoms with van der Waals surface area (Å²) in [6.45, 7) is 1.25. The van der Waals surface area contributed by atoms with E-state index in [1.165, 1.54) is 18.3 Å². The van der Waals surface area contributed by atoms with Crippen LogP contribution < -0.4 is 0 Å². The lowest BCUT2D eigenvalue weighted by Crippen LogP contribution is -2.20. The Labute approximate surface area is 144 Å². The summed E-state index contributed by atoms with van der Waals surface area (Å²) in [4.78, 5) is 16.9. The molecule has 0 saturated carbocycles. The minimum Gasteiger partial charge on any atom is -0.392 e. The van der Waals surface area contributed by atoms with Crippen LogP contribution in [0, 0.1) is 6.92 Å². The van der Waals surface area contributed by atoms with Crippen molar-refractivity contribution in [3.8, 4) is 0 Å². The number of aryl methyl sites for hydroxylation is 1. The molecular formula is C16H11ClF3N3O2. The molecule has 0 radical (unpaired) electrons. The van der Waals surface area contributed by atoms with Gasteiger partial charge in [0.15, 0.2) is 0 Å². The fourth-order valence-electron chi connectivity index (χ4n) is 2.51. The molecule has 0 fully saturated rings. The molecule has 0 saturated heterocycles. The highest BCUT2D eigenvalue weighted by Gasteiger charge is 2.37. The van der Waals surface area contributed by atoms with E-state index in [1.807, 2.05) is 0 Å². The third-order valence-electron chi connectivity index (χ3n) is 3.65. The Morgan fingerprint density at radius 2 is 2.08 bits per heavy atom. The SMILES string of the molecule is Cc1nn(C(=O)c2c(Cl)cccc2C(F)(F)F)c2cc(CO)cnc12. The predicted molar refractivity (Wildman–Crippen MR) is 84.4 cm³/mol. The molecule has 0 spiro atoms. The second-order valence-corrected chi connectivity index (χ2v) is 5.74. The molecule has 0 bridgehead atoms. The first-order valence-corrected chi connectivity index (χ1v) is 7.47. The number of carbonyl (C=O) groups is 1. The fourth-order valence-corrected chi connectivity index (χ4v) is 2.77. The molecule has 1 N–H and O–H groups in total. The van der Waals surface area contributed by atoms with Gasteiger partial charge in [0, 0.05) is 6.20 Å². The van der Waals surface area contributed by atoms with E-state index < -0.39 is 23.2 Å². The van der Waals surface area contributed by atoms with Crippen LogP contribution in [0.3, 0.4) is 0 Å². The van der Waals surface area contributed by atoms with E-state index in [1.54, 1.807) is 6.92 Å². The van der Waals surface area contributed by atoms with Gasteiger partial charge in [0.05, 0.1) is 34.0 Å². The van der Waals surface area contributed by atoms with E-state index >= 15 is 0 Å². The molecular weight excluding hydrogens is 359 g/mol. The minimum absolute atomic E-state index is 0.196. The van der Waals surface area contributed by atoms with E-state index in [2.05, 4.69) is 10.1 Å². The van der Waals surface area contributed by atoms with E-state index in [-0.39, 0.29) is 17.1 Å². The molecule has 130 valence electrons. The van der Waals surface area contributed by atoms with Crippen LogP contribution in [0.1, 0.15) is 27.2 Å². The van der Waals surface area contributed by atoms with Gasteiger partial charge in [-0.05, 0) is 30.7 Å². The number of alkyl halides is 3. The lowest BCUT2D eigenvalue weighted by molar-refractivity contribution is -0.137. The maximum absolute atomic E-state index is 13.3. The molecule has 0 aliphatic carbocycles. The second-order valence-electron chi connectivity index (χ2n) is 5.33. The third kappa shape index (κ3) is 2.98. The molecule has 0 amide bonds. The van der Waals surface area contributed by atoms with E-state index in [0.29, 0.717) is 16.8 Å². The number of aliphatic hydroxyl groups excluding tert-OH is 1. The maximum atomic E-state index is 13.3. The number of aromatic nitrogens is 3. The van der Waals surface area contributed by atoms with Gasteiger partial charge >= 0.3 is 6.18 Å². The zero-order valence-electron chi connectivity index (χ0n) is 12.8. The molecule has 25 heavy (non-hydrogen) atoms. The van der Waals surface area contributed by atoms with Gasteiger partial charge in [-0.15, -0.1) is 0 Å². The van der Waals surface area contributed by atoms with Gasteiger partial charge in [0.2, 0.25) is 0 Å². The third-order valence-corrected chi connectivity index (χ3v) is 3.97. The molecule has 0 aliphatic heterocycles. The summed E-state index contributed by atoms with van der Waals surface area (Å²) in [5.41, 5.74) is -0.508. The number of pyridine rings is 1. The number of carbonyl (C=O) groups excluding carboxylic acids is 1. The van der Waals surface area contributed by atoms with E-state index in [0.717, 1.165) is 16.8 Å². The molecule has 3 rings (SSSR count). The Hall–Kier alpha value is -2.45. The average Bonchev–Trinajstić information content (AvgIpc) is 2.89. The monoisotopic (exact) mass is 369 g/mol. The van der Waals surface area contributed by atoms with Crippen LogP contribution in [0.15, 0.2) is 30.5 Å². The molecule has 0 atom stereocenters. The van der Waals surface area contributed by atoms with Crippen LogP contribution >= 0.6 is 11.6 Å². The lowest BCUT2D eigenvalue weighted by Gasteiger charge is -2.13. The maximum Gasteiger partial charge on any atom is 0.417 e. The van der Waals surface area contributed by atoms with Gasteiger partial charge in [-0.2, -0.15) is 23.0 Å². The molecule has 2 aromatic heterocycles. The van der Waals surface area contributed by atoms with Crippen molar-refractivity contribution < 1.29 is 23.1 Å². The normalized spacial score (nSPS) is 11.9. The lowest BCUT2D eigenvalue weighted by atomic mass is 10.1. The van der Waals surface area contributed by atoms with Gasteiger partial charge in [0.1, 0.15) is 5.52 Å². The Morgan fingerprint density at radius 1 is 1.36 bits per heavy atom. The van der Waals surface area contributed by atoms with Crippen molar-refractivity contribution in [2.75, 3.05) is 0 Å². The summed E-state index contributed by atoms with van der Waals surface area (Å²) >= 11 is 5.88. The van der Waals surface area contributed by atoms with E-state index in [4.69, 9.17) is 11.6 Å². The summed E-state index contributed by atoms with van der Waals surface area (Å²) in [6.07, 6.45) is -3.34. The number of halogens is 4. The van der Waals surface area contributed by atoms with Crippen molar-refractivity contribution in [1.82, 2.24) is 14.8 Å². The second kappa shape index (κ2) is 6.12. The molecule has 9 heteroatoms. The van der Waals surface area contributed by atoms with Crippen LogP contribution in [0.4, 0.5) is 13.2 Å². The Balaban J connectivity index is 2.26. The van der Waals surface area contributed by atoms with Crippen molar-refractivity contribution in [2.45, 2.75) is 19.7 Å². The molecule has 2 heterocycles. The van der Waals surface area contributed by atoms with Crippen molar-refractivity contribution in [3.63, 3.8) is 0 Å². The van der Waals surface area contributed by atoms with Crippen molar-refractivity contribution in [2.24, 2.45) is 0 Å². The summed E-state index contributed by atoms with van der Waals surface area (Å²) in [5, 5.41) is 12.9. The number of fused-ring (bicyclic) bond motifs is 1. The van der Waals surface area contributed by atoms with Gasteiger partial charge < -0.3 is 5.11 Å². The largest absolute Gasteiger partial charge is 0.417 e. The number of aliphatic hydroxyl groups is 1. The Kier molecular flexibility index (Phi) is 4.26. The Morgan fingerprint density at radius 3 is 2.72 bits per heavy atom.